The summed E-state index contributed by atoms with van der Waals surface area (Å²) >= 11 is 3.53. The first-order valence-corrected chi connectivity index (χ1v) is 7.06. The minimum Gasteiger partial charge on any atom is -0.497 e. The normalized spacial score (nSPS) is 10.3. The zero-order valence-corrected chi connectivity index (χ0v) is 13.1. The van der Waals surface area contributed by atoms with E-state index in [0.717, 1.165) is 27.1 Å². The first-order chi connectivity index (χ1) is 9.74. The van der Waals surface area contributed by atoms with Crippen molar-refractivity contribution in [1.82, 2.24) is 0 Å². The largest absolute Gasteiger partial charge is 0.497 e. The Morgan fingerprint density at radius 3 is 2.35 bits per heavy atom. The number of hydrogen-bond acceptors (Lipinski definition) is 3. The third-order valence-electron chi connectivity index (χ3n) is 2.94. The number of halogens is 1. The molecule has 2 aromatic carbocycles. The van der Waals surface area contributed by atoms with E-state index in [1.54, 1.807) is 14.2 Å². The van der Waals surface area contributed by atoms with E-state index in [-0.39, 0.29) is 0 Å². The van der Waals surface area contributed by atoms with Crippen LogP contribution in [0.2, 0.25) is 0 Å². The van der Waals surface area contributed by atoms with Gasteiger partial charge in [-0.2, -0.15) is 0 Å². The smallest absolute Gasteiger partial charge is 0.129 e. The third kappa shape index (κ3) is 3.74. The van der Waals surface area contributed by atoms with Gasteiger partial charge in [0.2, 0.25) is 0 Å². The van der Waals surface area contributed by atoms with Crippen molar-refractivity contribution in [2.45, 2.75) is 13.2 Å². The van der Waals surface area contributed by atoms with E-state index in [0.29, 0.717) is 13.2 Å². The molecule has 2 aromatic rings. The van der Waals surface area contributed by atoms with Crippen molar-refractivity contribution in [1.29, 1.82) is 0 Å². The molecule has 0 aliphatic heterocycles. The molecule has 0 radical (unpaired) electrons. The molecule has 0 bridgehead atoms. The molecule has 20 heavy (non-hydrogen) atoms. The predicted octanol–water partition coefficient (Wildman–Crippen LogP) is 4.18. The molecule has 106 valence electrons. The monoisotopic (exact) mass is 336 g/mol. The highest BCUT2D eigenvalue weighted by Gasteiger charge is 2.10. The van der Waals surface area contributed by atoms with Gasteiger partial charge in [0.15, 0.2) is 0 Å². The molecular weight excluding hydrogens is 320 g/mol. The van der Waals surface area contributed by atoms with Crippen LogP contribution in [0.25, 0.3) is 0 Å². The fourth-order valence-electron chi connectivity index (χ4n) is 1.87. The summed E-state index contributed by atoms with van der Waals surface area (Å²) in [4.78, 5) is 0. The lowest BCUT2D eigenvalue weighted by molar-refractivity contribution is 0.105. The van der Waals surface area contributed by atoms with Crippen LogP contribution >= 0.6 is 15.9 Å². The summed E-state index contributed by atoms with van der Waals surface area (Å²) < 4.78 is 17.3. The average Bonchev–Trinajstić information content (AvgIpc) is 2.49. The van der Waals surface area contributed by atoms with Crippen LogP contribution in [-0.2, 0) is 18.0 Å². The molecule has 0 N–H and O–H groups in total. The standard InChI is InChI=1S/C16H17BrO3/c1-18-13-8-15(17)14(16(9-13)19-2)11-20-10-12-6-4-3-5-7-12/h3-9H,10-11H2,1-2H3. The molecular formula is C16H17BrO3. The second-order valence-electron chi connectivity index (χ2n) is 4.27. The molecule has 0 saturated heterocycles. The number of methoxy groups -OCH3 is 2. The van der Waals surface area contributed by atoms with E-state index in [4.69, 9.17) is 14.2 Å². The van der Waals surface area contributed by atoms with Gasteiger partial charge in [0, 0.05) is 16.1 Å². The fraction of sp³-hybridized carbons (Fsp3) is 0.250. The molecule has 0 amide bonds. The molecule has 0 heterocycles. The molecule has 2 rings (SSSR count). The van der Waals surface area contributed by atoms with Gasteiger partial charge in [0.05, 0.1) is 27.4 Å². The van der Waals surface area contributed by atoms with Gasteiger partial charge in [-0.1, -0.05) is 46.3 Å². The van der Waals surface area contributed by atoms with Crippen LogP contribution in [0.1, 0.15) is 11.1 Å². The Morgan fingerprint density at radius 1 is 0.950 bits per heavy atom. The maximum absolute atomic E-state index is 5.75. The van der Waals surface area contributed by atoms with Crippen molar-refractivity contribution in [3.8, 4) is 11.5 Å². The number of ether oxygens (including phenoxy) is 3. The van der Waals surface area contributed by atoms with Gasteiger partial charge in [-0.15, -0.1) is 0 Å². The molecule has 0 unspecified atom stereocenters. The summed E-state index contributed by atoms with van der Waals surface area (Å²) in [6, 6.07) is 13.8. The zero-order valence-electron chi connectivity index (χ0n) is 11.6. The molecule has 0 atom stereocenters. The Kier molecular flexibility index (Phi) is 5.44. The van der Waals surface area contributed by atoms with Crippen LogP contribution in [-0.4, -0.2) is 14.2 Å². The summed E-state index contributed by atoms with van der Waals surface area (Å²) in [6.07, 6.45) is 0. The third-order valence-corrected chi connectivity index (χ3v) is 3.65. The molecule has 0 aromatic heterocycles. The average molecular weight is 337 g/mol. The minimum atomic E-state index is 0.475. The zero-order chi connectivity index (χ0) is 14.4. The number of benzene rings is 2. The molecule has 4 heteroatoms. The van der Waals surface area contributed by atoms with Gasteiger partial charge >= 0.3 is 0 Å². The lowest BCUT2D eigenvalue weighted by Crippen LogP contribution is -1.99. The maximum atomic E-state index is 5.75. The van der Waals surface area contributed by atoms with E-state index < -0.39 is 0 Å². The number of hydrogen-bond donors (Lipinski definition) is 0. The second kappa shape index (κ2) is 7.31. The predicted molar refractivity (Wildman–Crippen MR) is 82.2 cm³/mol. The van der Waals surface area contributed by atoms with Gasteiger partial charge in [0.25, 0.3) is 0 Å². The van der Waals surface area contributed by atoms with Gasteiger partial charge in [-0.3, -0.25) is 0 Å². The van der Waals surface area contributed by atoms with Gasteiger partial charge in [-0.05, 0) is 11.6 Å². The van der Waals surface area contributed by atoms with E-state index in [1.165, 1.54) is 0 Å². The molecule has 0 fully saturated rings. The highest BCUT2D eigenvalue weighted by atomic mass is 79.9. The molecule has 3 nitrogen and oxygen atoms in total. The number of rotatable bonds is 6. The summed E-state index contributed by atoms with van der Waals surface area (Å²) in [5.41, 5.74) is 2.13. The summed E-state index contributed by atoms with van der Waals surface area (Å²) in [7, 11) is 3.27. The lowest BCUT2D eigenvalue weighted by atomic mass is 10.2. The SMILES string of the molecule is COc1cc(Br)c(COCc2ccccc2)c(OC)c1. The van der Waals surface area contributed by atoms with Crippen molar-refractivity contribution in [3.63, 3.8) is 0 Å². The van der Waals surface area contributed by atoms with E-state index in [2.05, 4.69) is 15.9 Å². The molecule has 0 spiro atoms. The van der Waals surface area contributed by atoms with Crippen molar-refractivity contribution in [2.75, 3.05) is 14.2 Å². The highest BCUT2D eigenvalue weighted by molar-refractivity contribution is 9.10. The molecule has 0 saturated carbocycles. The van der Waals surface area contributed by atoms with Gasteiger partial charge < -0.3 is 14.2 Å². The summed E-state index contributed by atoms with van der Waals surface area (Å²) in [6.45, 7) is 1.05. The highest BCUT2D eigenvalue weighted by Crippen LogP contribution is 2.33. The minimum absolute atomic E-state index is 0.475. The van der Waals surface area contributed by atoms with Crippen molar-refractivity contribution in [2.24, 2.45) is 0 Å². The van der Waals surface area contributed by atoms with Gasteiger partial charge in [-0.25, -0.2) is 0 Å². The van der Waals surface area contributed by atoms with Crippen LogP contribution in [0.5, 0.6) is 11.5 Å². The lowest BCUT2D eigenvalue weighted by Gasteiger charge is -2.13. The van der Waals surface area contributed by atoms with Crippen LogP contribution in [0.3, 0.4) is 0 Å². The van der Waals surface area contributed by atoms with Crippen LogP contribution in [0.15, 0.2) is 46.9 Å². The van der Waals surface area contributed by atoms with Crippen LogP contribution < -0.4 is 9.47 Å². The topological polar surface area (TPSA) is 27.7 Å². The Morgan fingerprint density at radius 2 is 1.70 bits per heavy atom. The van der Waals surface area contributed by atoms with E-state index in [1.807, 2.05) is 42.5 Å². The first kappa shape index (κ1) is 14.9. The summed E-state index contributed by atoms with van der Waals surface area (Å²) in [5, 5.41) is 0. The fourth-order valence-corrected chi connectivity index (χ4v) is 2.41. The molecule has 0 aliphatic carbocycles. The Bertz CT molecular complexity index is 555. The van der Waals surface area contributed by atoms with E-state index >= 15 is 0 Å². The Balaban J connectivity index is 2.05. The van der Waals surface area contributed by atoms with Gasteiger partial charge in [0.1, 0.15) is 11.5 Å². The van der Waals surface area contributed by atoms with E-state index in [9.17, 15) is 0 Å². The maximum Gasteiger partial charge on any atom is 0.129 e. The Labute approximate surface area is 127 Å². The van der Waals surface area contributed by atoms with Crippen molar-refractivity contribution >= 4 is 15.9 Å². The van der Waals surface area contributed by atoms with Crippen molar-refractivity contribution < 1.29 is 14.2 Å². The summed E-state index contributed by atoms with van der Waals surface area (Å²) in [5.74, 6) is 1.50. The van der Waals surface area contributed by atoms with Crippen molar-refractivity contribution in [3.05, 3.63) is 58.1 Å². The Hall–Kier alpha value is -1.52. The first-order valence-electron chi connectivity index (χ1n) is 6.26. The van der Waals surface area contributed by atoms with Crippen LogP contribution in [0, 0.1) is 0 Å². The molecule has 0 aliphatic rings. The van der Waals surface area contributed by atoms with Crippen LogP contribution in [0.4, 0.5) is 0 Å². The quantitative estimate of drug-likeness (QED) is 0.791. The second-order valence-corrected chi connectivity index (χ2v) is 5.12.